The lowest BCUT2D eigenvalue weighted by Gasteiger charge is -2.13. The molecule has 0 N–H and O–H groups in total. The Morgan fingerprint density at radius 2 is 2.07 bits per heavy atom. The monoisotopic (exact) mass is 252 g/mol. The summed E-state index contributed by atoms with van der Waals surface area (Å²) < 4.78 is 1.13. The highest BCUT2D eigenvalue weighted by molar-refractivity contribution is 9.10. The zero-order valence-corrected chi connectivity index (χ0v) is 9.79. The van der Waals surface area contributed by atoms with Crippen LogP contribution in [0.3, 0.4) is 0 Å². The average Bonchev–Trinajstić information content (AvgIpc) is 2.56. The van der Waals surface area contributed by atoms with Crippen LogP contribution in [0.25, 0.3) is 0 Å². The zero-order valence-electron chi connectivity index (χ0n) is 8.20. The first-order chi connectivity index (χ1) is 6.74. The summed E-state index contributed by atoms with van der Waals surface area (Å²) in [5.74, 6) is 0. The third-order valence-corrected chi connectivity index (χ3v) is 2.85. The molecule has 1 heterocycles. The maximum Gasteiger partial charge on any atom is 0.0610 e. The molecule has 2 rings (SSSR count). The molecule has 0 saturated carbocycles. The molecule has 0 atom stereocenters. The summed E-state index contributed by atoms with van der Waals surface area (Å²) in [6, 6.07) is 8.41. The lowest BCUT2D eigenvalue weighted by atomic mass is 10.2. The quantitative estimate of drug-likeness (QED) is 0.791. The van der Waals surface area contributed by atoms with Crippen molar-refractivity contribution in [2.24, 2.45) is 5.10 Å². The summed E-state index contributed by atoms with van der Waals surface area (Å²) in [5.41, 5.74) is 2.55. The van der Waals surface area contributed by atoms with Gasteiger partial charge in [0.15, 0.2) is 0 Å². The topological polar surface area (TPSA) is 15.6 Å². The molecule has 1 aliphatic rings. The van der Waals surface area contributed by atoms with E-state index in [1.165, 1.54) is 11.3 Å². The molecule has 2 nitrogen and oxygen atoms in total. The van der Waals surface area contributed by atoms with Crippen molar-refractivity contribution in [3.8, 4) is 0 Å². The minimum atomic E-state index is 0.921. The molecule has 0 saturated heterocycles. The summed E-state index contributed by atoms with van der Waals surface area (Å²) in [5, 5.41) is 6.57. The summed E-state index contributed by atoms with van der Waals surface area (Å²) in [6.07, 6.45) is 1.11. The second kappa shape index (κ2) is 4.13. The van der Waals surface area contributed by atoms with E-state index in [1.807, 2.05) is 0 Å². The maximum absolute atomic E-state index is 4.44. The van der Waals surface area contributed by atoms with E-state index < -0.39 is 0 Å². The highest BCUT2D eigenvalue weighted by Gasteiger charge is 2.10. The Labute approximate surface area is 92.7 Å². The summed E-state index contributed by atoms with van der Waals surface area (Å²) in [7, 11) is 0. The van der Waals surface area contributed by atoms with Gasteiger partial charge in [-0.3, -0.25) is 5.01 Å². The molecule has 0 unspecified atom stereocenters. The zero-order chi connectivity index (χ0) is 9.97. The van der Waals surface area contributed by atoms with Gasteiger partial charge < -0.3 is 0 Å². The fraction of sp³-hybridized carbons (Fsp3) is 0.364. The Balaban J connectivity index is 2.01. The van der Waals surface area contributed by atoms with E-state index in [4.69, 9.17) is 0 Å². The highest BCUT2D eigenvalue weighted by atomic mass is 79.9. The van der Waals surface area contributed by atoms with Gasteiger partial charge in [0.25, 0.3) is 0 Å². The van der Waals surface area contributed by atoms with E-state index in [-0.39, 0.29) is 0 Å². The van der Waals surface area contributed by atoms with Gasteiger partial charge in [-0.15, -0.1) is 0 Å². The van der Waals surface area contributed by atoms with E-state index in [1.54, 1.807) is 0 Å². The van der Waals surface area contributed by atoms with Gasteiger partial charge in [0.1, 0.15) is 0 Å². The van der Waals surface area contributed by atoms with Crippen LogP contribution in [-0.4, -0.2) is 17.3 Å². The van der Waals surface area contributed by atoms with Crippen molar-refractivity contribution in [3.63, 3.8) is 0 Å². The van der Waals surface area contributed by atoms with Crippen LogP contribution in [0, 0.1) is 0 Å². The van der Waals surface area contributed by atoms with Gasteiger partial charge >= 0.3 is 0 Å². The van der Waals surface area contributed by atoms with Crippen molar-refractivity contribution < 1.29 is 0 Å². The van der Waals surface area contributed by atoms with E-state index >= 15 is 0 Å². The van der Waals surface area contributed by atoms with Crippen LogP contribution in [0.5, 0.6) is 0 Å². The van der Waals surface area contributed by atoms with Crippen molar-refractivity contribution in [1.82, 2.24) is 5.01 Å². The second-order valence-corrected chi connectivity index (χ2v) is 4.52. The summed E-state index contributed by atoms with van der Waals surface area (Å²) >= 11 is 3.43. The molecular weight excluding hydrogens is 240 g/mol. The molecule has 74 valence electrons. The first-order valence-electron chi connectivity index (χ1n) is 4.77. The molecule has 0 fully saturated rings. The third kappa shape index (κ3) is 2.35. The number of nitrogens with zero attached hydrogens (tertiary/aromatic N) is 2. The van der Waals surface area contributed by atoms with Gasteiger partial charge in [-0.05, 0) is 24.6 Å². The van der Waals surface area contributed by atoms with Crippen LogP contribution >= 0.6 is 15.9 Å². The SMILES string of the molecule is CC1=NN(Cc2ccc(Br)cc2)CC1. The van der Waals surface area contributed by atoms with Crippen molar-refractivity contribution in [2.75, 3.05) is 6.54 Å². The Bertz CT molecular complexity index is 343. The predicted octanol–water partition coefficient (Wildman–Crippen LogP) is 3.03. The Morgan fingerprint density at radius 3 is 2.64 bits per heavy atom. The van der Waals surface area contributed by atoms with Crippen molar-refractivity contribution in [2.45, 2.75) is 19.9 Å². The highest BCUT2D eigenvalue weighted by Crippen LogP contribution is 2.14. The predicted molar refractivity (Wildman–Crippen MR) is 62.3 cm³/mol. The number of halogens is 1. The molecule has 1 aromatic carbocycles. The smallest absolute Gasteiger partial charge is 0.0610 e. The lowest BCUT2D eigenvalue weighted by Crippen LogP contribution is -2.13. The Kier molecular flexibility index (Phi) is 2.87. The maximum atomic E-state index is 4.44. The number of hydrogen-bond acceptors (Lipinski definition) is 2. The first-order valence-corrected chi connectivity index (χ1v) is 5.57. The normalized spacial score (nSPS) is 15.9. The number of hydrogen-bond donors (Lipinski definition) is 0. The fourth-order valence-corrected chi connectivity index (χ4v) is 1.81. The van der Waals surface area contributed by atoms with Gasteiger partial charge in [-0.25, -0.2) is 0 Å². The van der Waals surface area contributed by atoms with Crippen LogP contribution in [0.2, 0.25) is 0 Å². The minimum Gasteiger partial charge on any atom is -0.292 e. The van der Waals surface area contributed by atoms with E-state index in [0.717, 1.165) is 24.0 Å². The van der Waals surface area contributed by atoms with Gasteiger partial charge in [0.05, 0.1) is 6.54 Å². The first kappa shape index (κ1) is 9.71. The van der Waals surface area contributed by atoms with E-state index in [2.05, 4.69) is 57.2 Å². The molecule has 3 heteroatoms. The number of rotatable bonds is 2. The second-order valence-electron chi connectivity index (χ2n) is 3.60. The van der Waals surface area contributed by atoms with E-state index in [0.29, 0.717) is 0 Å². The molecule has 14 heavy (non-hydrogen) atoms. The molecule has 0 spiro atoms. The summed E-state index contributed by atoms with van der Waals surface area (Å²) in [6.45, 7) is 4.06. The largest absolute Gasteiger partial charge is 0.292 e. The molecule has 1 aromatic rings. The fourth-order valence-electron chi connectivity index (χ4n) is 1.55. The van der Waals surface area contributed by atoms with Gasteiger partial charge in [-0.2, -0.15) is 5.10 Å². The van der Waals surface area contributed by atoms with Crippen molar-refractivity contribution in [1.29, 1.82) is 0 Å². The lowest BCUT2D eigenvalue weighted by molar-refractivity contribution is 0.310. The van der Waals surface area contributed by atoms with Crippen LogP contribution in [0.1, 0.15) is 18.9 Å². The van der Waals surface area contributed by atoms with Crippen LogP contribution in [0.15, 0.2) is 33.8 Å². The standard InChI is InChI=1S/C11H13BrN2/c1-9-6-7-14(13-9)8-10-2-4-11(12)5-3-10/h2-5H,6-8H2,1H3. The van der Waals surface area contributed by atoms with Crippen LogP contribution in [-0.2, 0) is 6.54 Å². The Morgan fingerprint density at radius 1 is 1.36 bits per heavy atom. The van der Waals surface area contributed by atoms with Gasteiger partial charge in [-0.1, -0.05) is 28.1 Å². The van der Waals surface area contributed by atoms with Crippen molar-refractivity contribution >= 4 is 21.6 Å². The molecular formula is C11H13BrN2. The van der Waals surface area contributed by atoms with Crippen molar-refractivity contribution in [3.05, 3.63) is 34.3 Å². The van der Waals surface area contributed by atoms with Crippen LogP contribution < -0.4 is 0 Å². The molecule has 0 aliphatic carbocycles. The molecule has 0 radical (unpaired) electrons. The molecule has 0 amide bonds. The number of benzene rings is 1. The molecule has 0 aromatic heterocycles. The van der Waals surface area contributed by atoms with Crippen LogP contribution in [0.4, 0.5) is 0 Å². The number of hydrazone groups is 1. The average molecular weight is 253 g/mol. The van der Waals surface area contributed by atoms with E-state index in [9.17, 15) is 0 Å². The molecule has 1 aliphatic heterocycles. The molecule has 0 bridgehead atoms. The van der Waals surface area contributed by atoms with Gasteiger partial charge in [0.2, 0.25) is 0 Å². The summed E-state index contributed by atoms with van der Waals surface area (Å²) in [4.78, 5) is 0. The third-order valence-electron chi connectivity index (χ3n) is 2.32. The Hall–Kier alpha value is -0.830. The van der Waals surface area contributed by atoms with Gasteiger partial charge in [0, 0.05) is 23.1 Å². The minimum absolute atomic E-state index is 0.921.